The van der Waals surface area contributed by atoms with Crippen LogP contribution in [0, 0.1) is 0 Å². The predicted molar refractivity (Wildman–Crippen MR) is 42.6 cm³/mol. The molecule has 0 fully saturated rings. The molecule has 1 aliphatic heterocycles. The zero-order valence-corrected chi connectivity index (χ0v) is 6.33. The van der Waals surface area contributed by atoms with E-state index in [0.29, 0.717) is 11.3 Å². The van der Waals surface area contributed by atoms with Crippen LogP contribution in [0.5, 0.6) is 0 Å². The first-order chi connectivity index (χ1) is 5.61. The van der Waals surface area contributed by atoms with E-state index in [1.165, 1.54) is 12.2 Å². The Morgan fingerprint density at radius 3 is 2.25 bits per heavy atom. The molecule has 0 radical (unpaired) electrons. The predicted octanol–water partition coefficient (Wildman–Crippen LogP) is -1.63. The summed E-state index contributed by atoms with van der Waals surface area (Å²) in [7, 11) is 0. The molecule has 0 spiro atoms. The van der Waals surface area contributed by atoms with Crippen molar-refractivity contribution in [3.63, 3.8) is 0 Å². The number of amides is 2. The van der Waals surface area contributed by atoms with Gasteiger partial charge < -0.3 is 16.8 Å². The van der Waals surface area contributed by atoms with Gasteiger partial charge >= 0.3 is 0 Å². The van der Waals surface area contributed by atoms with Gasteiger partial charge in [-0.15, -0.1) is 0 Å². The number of nitrogens with one attached hydrogen (secondary N) is 1. The lowest BCUT2D eigenvalue weighted by molar-refractivity contribution is -0.116. The Bertz CT molecular complexity index is 261. The minimum absolute atomic E-state index is 0.254. The Labute approximate surface area is 69.1 Å². The average molecular weight is 167 g/mol. The van der Waals surface area contributed by atoms with Crippen molar-refractivity contribution < 1.29 is 9.59 Å². The highest BCUT2D eigenvalue weighted by atomic mass is 16.1. The number of primary amides is 2. The van der Waals surface area contributed by atoms with E-state index in [1.807, 2.05) is 0 Å². The summed E-state index contributed by atoms with van der Waals surface area (Å²) in [5, 5.41) is 2.67. The van der Waals surface area contributed by atoms with E-state index in [4.69, 9.17) is 11.5 Å². The number of dihydropyridines is 1. The maximum Gasteiger partial charge on any atom is 0.264 e. The van der Waals surface area contributed by atoms with E-state index in [2.05, 4.69) is 5.32 Å². The molecular weight excluding hydrogens is 158 g/mol. The van der Waals surface area contributed by atoms with Gasteiger partial charge in [-0.25, -0.2) is 0 Å². The molecule has 0 saturated heterocycles. The number of nitrogens with two attached hydrogens (primary N) is 2. The second kappa shape index (κ2) is 3.08. The number of allylic oxidation sites excluding steroid dienone is 2. The molecule has 1 aliphatic rings. The molecule has 1 rings (SSSR count). The first kappa shape index (κ1) is 8.32. The molecule has 0 aromatic carbocycles. The van der Waals surface area contributed by atoms with Crippen molar-refractivity contribution in [2.75, 3.05) is 6.54 Å². The highest BCUT2D eigenvalue weighted by Gasteiger charge is 2.11. The maximum atomic E-state index is 10.6. The summed E-state index contributed by atoms with van der Waals surface area (Å²) in [6.45, 7) is 0.254. The van der Waals surface area contributed by atoms with Gasteiger partial charge in [0.1, 0.15) is 0 Å². The summed E-state index contributed by atoms with van der Waals surface area (Å²) in [6.07, 6.45) is 2.92. The molecule has 1 heterocycles. The maximum absolute atomic E-state index is 10.6. The van der Waals surface area contributed by atoms with Crippen LogP contribution in [0.4, 0.5) is 0 Å². The number of carbonyl (C=O) groups excluding carboxylic acids is 2. The van der Waals surface area contributed by atoms with Gasteiger partial charge in [-0.2, -0.15) is 0 Å². The fraction of sp³-hybridized carbons (Fsp3) is 0.143. The lowest BCUT2D eigenvalue weighted by atomic mass is 10.1. The fourth-order valence-electron chi connectivity index (χ4n) is 0.831. The zero-order valence-electron chi connectivity index (χ0n) is 6.33. The zero-order chi connectivity index (χ0) is 9.14. The van der Waals surface area contributed by atoms with Crippen molar-refractivity contribution in [2.24, 2.45) is 11.5 Å². The molecule has 64 valence electrons. The lowest BCUT2D eigenvalue weighted by Crippen LogP contribution is -2.32. The lowest BCUT2D eigenvalue weighted by Gasteiger charge is -2.12. The Hall–Kier alpha value is -1.78. The summed E-state index contributed by atoms with van der Waals surface area (Å²) >= 11 is 0. The SMILES string of the molecule is NC(=O)C1=CC=C(C(N)=O)NC1. The number of hydrogen-bond donors (Lipinski definition) is 3. The third-order valence-corrected chi connectivity index (χ3v) is 1.50. The van der Waals surface area contributed by atoms with Crippen molar-refractivity contribution in [1.82, 2.24) is 5.32 Å². The molecule has 0 atom stereocenters. The van der Waals surface area contributed by atoms with Crippen molar-refractivity contribution in [3.8, 4) is 0 Å². The smallest absolute Gasteiger partial charge is 0.264 e. The van der Waals surface area contributed by atoms with Crippen LogP contribution in [0.3, 0.4) is 0 Å². The molecule has 0 bridgehead atoms. The van der Waals surface area contributed by atoms with E-state index in [9.17, 15) is 9.59 Å². The van der Waals surface area contributed by atoms with Gasteiger partial charge in [-0.1, -0.05) is 0 Å². The van der Waals surface area contributed by atoms with E-state index < -0.39 is 11.8 Å². The number of carbonyl (C=O) groups is 2. The standard InChI is InChI=1S/C7H9N3O2/c8-6(11)4-1-2-5(7(9)12)10-3-4/h1-2,10H,3H2,(H2,8,11)(H2,9,12). The quantitative estimate of drug-likeness (QED) is 0.460. The molecule has 0 saturated carbocycles. The molecule has 0 aliphatic carbocycles. The highest BCUT2D eigenvalue weighted by molar-refractivity contribution is 5.96. The highest BCUT2D eigenvalue weighted by Crippen LogP contribution is 2.02. The molecule has 0 aromatic rings. The van der Waals surface area contributed by atoms with Gasteiger partial charge in [0, 0.05) is 12.1 Å². The molecule has 2 amide bonds. The van der Waals surface area contributed by atoms with E-state index in [1.54, 1.807) is 0 Å². The van der Waals surface area contributed by atoms with Crippen LogP contribution in [-0.4, -0.2) is 18.4 Å². The fourth-order valence-corrected chi connectivity index (χ4v) is 0.831. The largest absolute Gasteiger partial charge is 0.376 e. The Morgan fingerprint density at radius 2 is 1.92 bits per heavy atom. The number of hydrogen-bond acceptors (Lipinski definition) is 3. The average Bonchev–Trinajstić information content (AvgIpc) is 2.04. The van der Waals surface area contributed by atoms with E-state index >= 15 is 0 Å². The topological polar surface area (TPSA) is 98.2 Å². The summed E-state index contributed by atoms with van der Waals surface area (Å²) in [6, 6.07) is 0. The first-order valence-corrected chi connectivity index (χ1v) is 3.35. The van der Waals surface area contributed by atoms with Crippen molar-refractivity contribution in [2.45, 2.75) is 0 Å². The van der Waals surface area contributed by atoms with Crippen molar-refractivity contribution in [3.05, 3.63) is 23.4 Å². The molecule has 5 heteroatoms. The van der Waals surface area contributed by atoms with Gasteiger partial charge in [0.2, 0.25) is 5.91 Å². The van der Waals surface area contributed by atoms with Gasteiger partial charge in [0.15, 0.2) is 0 Å². The second-order valence-corrected chi connectivity index (χ2v) is 2.35. The minimum Gasteiger partial charge on any atom is -0.376 e. The Balaban J connectivity index is 2.80. The molecule has 0 aromatic heterocycles. The molecule has 5 N–H and O–H groups in total. The van der Waals surface area contributed by atoms with Crippen LogP contribution >= 0.6 is 0 Å². The normalized spacial score (nSPS) is 15.7. The van der Waals surface area contributed by atoms with Crippen LogP contribution < -0.4 is 16.8 Å². The van der Waals surface area contributed by atoms with E-state index in [0.717, 1.165) is 0 Å². The Morgan fingerprint density at radius 1 is 1.25 bits per heavy atom. The van der Waals surface area contributed by atoms with Crippen LogP contribution in [-0.2, 0) is 9.59 Å². The molecule has 12 heavy (non-hydrogen) atoms. The van der Waals surface area contributed by atoms with Crippen LogP contribution in [0.2, 0.25) is 0 Å². The van der Waals surface area contributed by atoms with Crippen molar-refractivity contribution >= 4 is 11.8 Å². The summed E-state index contributed by atoms with van der Waals surface area (Å²) in [5.41, 5.74) is 10.7. The third-order valence-electron chi connectivity index (χ3n) is 1.50. The molecule has 0 unspecified atom stereocenters. The van der Waals surface area contributed by atoms with Gasteiger partial charge in [-0.3, -0.25) is 9.59 Å². The summed E-state index contributed by atoms with van der Waals surface area (Å²) in [5.74, 6) is -1.04. The van der Waals surface area contributed by atoms with Crippen LogP contribution in [0.25, 0.3) is 0 Å². The number of rotatable bonds is 2. The van der Waals surface area contributed by atoms with Gasteiger partial charge in [0.25, 0.3) is 5.91 Å². The van der Waals surface area contributed by atoms with E-state index in [-0.39, 0.29) is 6.54 Å². The third kappa shape index (κ3) is 1.63. The summed E-state index contributed by atoms with van der Waals surface area (Å²) < 4.78 is 0. The van der Waals surface area contributed by atoms with Crippen molar-refractivity contribution in [1.29, 1.82) is 0 Å². The first-order valence-electron chi connectivity index (χ1n) is 3.35. The Kier molecular flexibility index (Phi) is 2.14. The van der Waals surface area contributed by atoms with Crippen LogP contribution in [0.1, 0.15) is 0 Å². The summed E-state index contributed by atoms with van der Waals surface area (Å²) in [4.78, 5) is 21.2. The van der Waals surface area contributed by atoms with Gasteiger partial charge in [0.05, 0.1) is 5.70 Å². The van der Waals surface area contributed by atoms with Gasteiger partial charge in [-0.05, 0) is 12.2 Å². The molecule has 5 nitrogen and oxygen atoms in total. The van der Waals surface area contributed by atoms with Crippen LogP contribution in [0.15, 0.2) is 23.4 Å². The molecular formula is C7H9N3O2. The second-order valence-electron chi connectivity index (χ2n) is 2.35. The monoisotopic (exact) mass is 167 g/mol. The minimum atomic E-state index is -0.547.